The summed E-state index contributed by atoms with van der Waals surface area (Å²) in [7, 11) is 0.0573. The first-order valence-corrected chi connectivity index (χ1v) is 10.4. The van der Waals surface area contributed by atoms with Gasteiger partial charge in [0.25, 0.3) is 0 Å². The van der Waals surface area contributed by atoms with Crippen LogP contribution in [0, 0.1) is 0 Å². The van der Waals surface area contributed by atoms with E-state index in [4.69, 9.17) is 0 Å². The van der Waals surface area contributed by atoms with Gasteiger partial charge in [0.05, 0.1) is 0 Å². The van der Waals surface area contributed by atoms with Gasteiger partial charge < -0.3 is 9.80 Å². The van der Waals surface area contributed by atoms with Gasteiger partial charge in [-0.05, 0) is 14.1 Å². The molecule has 160 valence electrons. The molecule has 3 rings (SSSR count). The first-order chi connectivity index (χ1) is 12.9. The van der Waals surface area contributed by atoms with Crippen LogP contribution in [0.25, 0.3) is 0 Å². The minimum absolute atomic E-state index is 0.292. The van der Waals surface area contributed by atoms with E-state index < -0.39 is 31.5 Å². The molecule has 0 aromatic rings. The van der Waals surface area contributed by atoms with Gasteiger partial charge in [0.1, 0.15) is 0 Å². The molecule has 3 aliphatic rings. The summed E-state index contributed by atoms with van der Waals surface area (Å²) in [5, 5.41) is 0. The monoisotopic (exact) mass is 433 g/mol. The number of hydrogen-bond donors (Lipinski definition) is 0. The molecule has 0 radical (unpaired) electrons. The lowest BCUT2D eigenvalue weighted by Gasteiger charge is -2.47. The van der Waals surface area contributed by atoms with Crippen molar-refractivity contribution in [3.05, 3.63) is 0 Å². The molecule has 0 aliphatic carbocycles. The van der Waals surface area contributed by atoms with E-state index in [0.29, 0.717) is 52.4 Å². The number of hydrogen-bond acceptors (Lipinski definition) is 7. The van der Waals surface area contributed by atoms with E-state index >= 15 is 0 Å². The molecule has 0 saturated carbocycles. The standard InChI is InChI=1S/C14H22F6N7P/c1-24-3-7-26(8-4-24)28(27-9-5-25(2)6-10-27)22-11(13(15,16)17)21-12(23-28)14(18,19)20/h3-10H2,1-2H3. The van der Waals surface area contributed by atoms with E-state index in [1.165, 1.54) is 0 Å². The van der Waals surface area contributed by atoms with Gasteiger partial charge in [-0.15, -0.1) is 0 Å². The average molecular weight is 433 g/mol. The number of nitrogens with zero attached hydrogens (tertiary/aromatic N) is 7. The predicted molar refractivity (Wildman–Crippen MR) is 94.5 cm³/mol. The molecule has 0 aromatic carbocycles. The molecule has 28 heavy (non-hydrogen) atoms. The van der Waals surface area contributed by atoms with Gasteiger partial charge in [-0.3, -0.25) is 0 Å². The summed E-state index contributed by atoms with van der Waals surface area (Å²) in [6.45, 7) is 3.22. The zero-order valence-electron chi connectivity index (χ0n) is 15.5. The van der Waals surface area contributed by atoms with Crippen LogP contribution in [0.2, 0.25) is 0 Å². The molecule has 0 aromatic heterocycles. The van der Waals surface area contributed by atoms with Crippen LogP contribution in [-0.4, -0.2) is 110 Å². The topological polar surface area (TPSA) is 50.0 Å². The normalized spacial score (nSPS) is 26.6. The highest BCUT2D eigenvalue weighted by molar-refractivity contribution is 7.61. The number of rotatable bonds is 2. The van der Waals surface area contributed by atoms with Crippen molar-refractivity contribution in [2.24, 2.45) is 14.5 Å². The van der Waals surface area contributed by atoms with Gasteiger partial charge in [-0.2, -0.15) is 35.9 Å². The minimum atomic E-state index is -5.09. The molecule has 0 spiro atoms. The molecule has 2 fully saturated rings. The van der Waals surface area contributed by atoms with E-state index in [1.54, 1.807) is 9.34 Å². The molecular weight excluding hydrogens is 411 g/mol. The maximum Gasteiger partial charge on any atom is 0.451 e. The third-order valence-corrected chi connectivity index (χ3v) is 8.13. The Bertz CT molecular complexity index is 659. The van der Waals surface area contributed by atoms with E-state index in [9.17, 15) is 26.3 Å². The second-order valence-corrected chi connectivity index (χ2v) is 9.61. The van der Waals surface area contributed by atoms with E-state index in [1.807, 2.05) is 23.9 Å². The lowest BCUT2D eigenvalue weighted by Crippen LogP contribution is -2.50. The Kier molecular flexibility index (Phi) is 5.95. The second-order valence-electron chi connectivity index (χ2n) is 7.01. The fourth-order valence-electron chi connectivity index (χ4n) is 3.22. The van der Waals surface area contributed by atoms with Crippen LogP contribution in [0.5, 0.6) is 0 Å². The van der Waals surface area contributed by atoms with Crippen LogP contribution >= 0.6 is 7.51 Å². The number of amidine groups is 2. The van der Waals surface area contributed by atoms with Gasteiger partial charge in [0, 0.05) is 52.4 Å². The van der Waals surface area contributed by atoms with Gasteiger partial charge >= 0.3 is 12.4 Å². The maximum absolute atomic E-state index is 13.4. The third kappa shape index (κ3) is 4.43. The number of piperazine rings is 2. The Labute approximate surface area is 158 Å². The van der Waals surface area contributed by atoms with E-state index in [2.05, 4.69) is 14.5 Å². The second kappa shape index (κ2) is 7.67. The zero-order valence-corrected chi connectivity index (χ0v) is 16.4. The molecule has 0 bridgehead atoms. The Morgan fingerprint density at radius 1 is 0.679 bits per heavy atom. The average Bonchev–Trinajstić information content (AvgIpc) is 2.61. The highest BCUT2D eigenvalue weighted by Crippen LogP contribution is 2.61. The summed E-state index contributed by atoms with van der Waals surface area (Å²) in [5.74, 6) is -3.50. The molecular formula is C14H22F6N7P. The number of halogens is 6. The molecule has 3 heterocycles. The van der Waals surface area contributed by atoms with Crippen LogP contribution < -0.4 is 0 Å². The van der Waals surface area contributed by atoms with Crippen molar-refractivity contribution in [2.75, 3.05) is 66.5 Å². The van der Waals surface area contributed by atoms with Gasteiger partial charge in [-0.25, -0.2) is 14.3 Å². The number of aliphatic imine (C=N–C) groups is 1. The highest BCUT2D eigenvalue weighted by atomic mass is 31.2. The predicted octanol–water partition coefficient (Wildman–Crippen LogP) is 2.36. The smallest absolute Gasteiger partial charge is 0.304 e. The lowest BCUT2D eigenvalue weighted by atomic mass is 10.4. The molecule has 0 N–H and O–H groups in total. The highest BCUT2D eigenvalue weighted by Gasteiger charge is 2.50. The fourth-order valence-corrected chi connectivity index (χ4v) is 6.39. The number of alkyl halides is 6. The first kappa shape index (κ1) is 21.7. The van der Waals surface area contributed by atoms with Crippen molar-refractivity contribution in [2.45, 2.75) is 12.4 Å². The quantitative estimate of drug-likeness (QED) is 0.496. The molecule has 0 amide bonds. The summed E-state index contributed by atoms with van der Waals surface area (Å²) in [6.07, 6.45) is -10.2. The Hall–Kier alpha value is -1.01. The Morgan fingerprint density at radius 2 is 1.07 bits per heavy atom. The van der Waals surface area contributed by atoms with Gasteiger partial charge in [-0.1, -0.05) is 0 Å². The first-order valence-electron chi connectivity index (χ1n) is 8.75. The van der Waals surface area contributed by atoms with Gasteiger partial charge in [0.15, 0.2) is 0 Å². The lowest BCUT2D eigenvalue weighted by molar-refractivity contribution is -0.0634. The molecule has 0 unspecified atom stereocenters. The third-order valence-electron chi connectivity index (χ3n) is 4.89. The summed E-state index contributed by atoms with van der Waals surface area (Å²) in [5.41, 5.74) is 0. The van der Waals surface area contributed by atoms with Crippen molar-refractivity contribution in [1.82, 2.24) is 19.1 Å². The van der Waals surface area contributed by atoms with E-state index in [-0.39, 0.29) is 0 Å². The molecule has 14 heteroatoms. The summed E-state index contributed by atoms with van der Waals surface area (Å²) < 4.78 is 91.4. The van der Waals surface area contributed by atoms with Crippen molar-refractivity contribution < 1.29 is 26.3 Å². The van der Waals surface area contributed by atoms with Crippen LogP contribution in [0.4, 0.5) is 26.3 Å². The molecule has 2 saturated heterocycles. The summed E-state index contributed by atoms with van der Waals surface area (Å²) >= 11 is 0. The van der Waals surface area contributed by atoms with Crippen molar-refractivity contribution >= 4 is 19.2 Å². The number of likely N-dealkylation sites (N-methyl/N-ethyl adjacent to an activating group) is 2. The summed E-state index contributed by atoms with van der Waals surface area (Å²) in [6, 6.07) is 0. The van der Waals surface area contributed by atoms with Crippen LogP contribution in [0.15, 0.2) is 14.5 Å². The van der Waals surface area contributed by atoms with Crippen molar-refractivity contribution in [3.8, 4) is 0 Å². The van der Waals surface area contributed by atoms with Gasteiger partial charge in [0.2, 0.25) is 19.2 Å². The Morgan fingerprint density at radius 3 is 1.43 bits per heavy atom. The fraction of sp³-hybridized carbons (Fsp3) is 0.857. The van der Waals surface area contributed by atoms with Crippen LogP contribution in [0.3, 0.4) is 0 Å². The summed E-state index contributed by atoms with van der Waals surface area (Å²) in [4.78, 5) is 6.68. The molecule has 0 atom stereocenters. The van der Waals surface area contributed by atoms with Crippen LogP contribution in [-0.2, 0) is 0 Å². The van der Waals surface area contributed by atoms with Crippen LogP contribution in [0.1, 0.15) is 0 Å². The Balaban J connectivity index is 2.14. The van der Waals surface area contributed by atoms with E-state index in [0.717, 1.165) is 0 Å². The molecule has 3 aliphatic heterocycles. The largest absolute Gasteiger partial charge is 0.451 e. The van der Waals surface area contributed by atoms with Crippen molar-refractivity contribution in [3.63, 3.8) is 0 Å². The maximum atomic E-state index is 13.4. The SMILES string of the molecule is CN1CCN(P2(N3CCN(C)CC3)=NC(C(F)(F)F)=NC(C(F)(F)F)=N2)CC1. The minimum Gasteiger partial charge on any atom is -0.304 e. The molecule has 7 nitrogen and oxygen atoms in total. The zero-order chi connectivity index (χ0) is 20.7. The van der Waals surface area contributed by atoms with Crippen molar-refractivity contribution in [1.29, 1.82) is 0 Å².